The van der Waals surface area contributed by atoms with Gasteiger partial charge in [0, 0.05) is 17.8 Å². The average molecular weight is 284 g/mol. The number of rotatable bonds is 7. The fourth-order valence-corrected chi connectivity index (χ4v) is 1.98. The Morgan fingerprint density at radius 1 is 1.05 bits per heavy atom. The van der Waals surface area contributed by atoms with Crippen LogP contribution >= 0.6 is 0 Å². The lowest BCUT2D eigenvalue weighted by Crippen LogP contribution is -2.15. The van der Waals surface area contributed by atoms with E-state index in [1.165, 1.54) is 0 Å². The van der Waals surface area contributed by atoms with Crippen LogP contribution in [0.4, 0.5) is 5.69 Å². The molecule has 0 radical (unpaired) electrons. The van der Waals surface area contributed by atoms with Gasteiger partial charge in [0.1, 0.15) is 5.75 Å². The molecule has 0 bridgehead atoms. The maximum absolute atomic E-state index is 11.8. The summed E-state index contributed by atoms with van der Waals surface area (Å²) in [5.41, 5.74) is 1.89. The monoisotopic (exact) mass is 284 g/mol. The van der Waals surface area contributed by atoms with Crippen molar-refractivity contribution in [1.29, 1.82) is 0 Å². The maximum Gasteiger partial charge on any atom is 0.227 e. The first kappa shape index (κ1) is 15.1. The molecule has 110 valence electrons. The maximum atomic E-state index is 11.8. The Hall–Kier alpha value is -2.33. The van der Waals surface area contributed by atoms with Crippen molar-refractivity contribution in [3.63, 3.8) is 0 Å². The molecule has 4 nitrogen and oxygen atoms in total. The van der Waals surface area contributed by atoms with Crippen LogP contribution in [0, 0.1) is 0 Å². The molecule has 0 aliphatic heterocycles. The summed E-state index contributed by atoms with van der Waals surface area (Å²) in [6, 6.07) is 17.2. The molecule has 4 heteroatoms. The zero-order valence-electron chi connectivity index (χ0n) is 12.1. The summed E-state index contributed by atoms with van der Waals surface area (Å²) in [5.74, 6) is 0.770. The molecule has 0 aromatic heterocycles. The van der Waals surface area contributed by atoms with E-state index in [0.29, 0.717) is 13.0 Å². The third kappa shape index (κ3) is 4.93. The van der Waals surface area contributed by atoms with Crippen LogP contribution in [0.5, 0.6) is 5.75 Å². The highest BCUT2D eigenvalue weighted by Gasteiger charge is 2.05. The molecule has 21 heavy (non-hydrogen) atoms. The second-order valence-electron chi connectivity index (χ2n) is 4.65. The van der Waals surface area contributed by atoms with E-state index in [-0.39, 0.29) is 5.91 Å². The molecule has 0 atom stereocenters. The van der Waals surface area contributed by atoms with E-state index in [1.54, 1.807) is 0 Å². The topological polar surface area (TPSA) is 50.4 Å². The van der Waals surface area contributed by atoms with Crippen LogP contribution in [0.3, 0.4) is 0 Å². The minimum Gasteiger partial charge on any atom is -0.493 e. The SMILES string of the molecule is CNCc1ccccc1OCCC(=O)Nc1ccccc1. The summed E-state index contributed by atoms with van der Waals surface area (Å²) < 4.78 is 5.70. The van der Waals surface area contributed by atoms with Gasteiger partial charge >= 0.3 is 0 Å². The fourth-order valence-electron chi connectivity index (χ4n) is 1.98. The van der Waals surface area contributed by atoms with Gasteiger partial charge in [-0.1, -0.05) is 36.4 Å². The van der Waals surface area contributed by atoms with Gasteiger partial charge in [-0.3, -0.25) is 4.79 Å². The van der Waals surface area contributed by atoms with Crippen molar-refractivity contribution in [2.45, 2.75) is 13.0 Å². The lowest BCUT2D eigenvalue weighted by atomic mass is 10.2. The van der Waals surface area contributed by atoms with E-state index in [1.807, 2.05) is 61.6 Å². The first-order chi connectivity index (χ1) is 10.3. The van der Waals surface area contributed by atoms with Gasteiger partial charge in [-0.05, 0) is 25.2 Å². The van der Waals surface area contributed by atoms with Gasteiger partial charge in [-0.15, -0.1) is 0 Å². The lowest BCUT2D eigenvalue weighted by Gasteiger charge is -2.11. The number of hydrogen-bond donors (Lipinski definition) is 2. The predicted octanol–water partition coefficient (Wildman–Crippen LogP) is 2.81. The van der Waals surface area contributed by atoms with E-state index in [4.69, 9.17) is 4.74 Å². The standard InChI is InChI=1S/C17H20N2O2/c1-18-13-14-7-5-6-10-16(14)21-12-11-17(20)19-15-8-3-2-4-9-15/h2-10,18H,11-13H2,1H3,(H,19,20). The van der Waals surface area contributed by atoms with Gasteiger partial charge in [0.2, 0.25) is 5.91 Å². The highest BCUT2D eigenvalue weighted by atomic mass is 16.5. The third-order valence-electron chi connectivity index (χ3n) is 2.98. The van der Waals surface area contributed by atoms with Crippen molar-refractivity contribution in [2.24, 2.45) is 0 Å². The Kier molecular flexibility index (Phi) is 5.79. The number of carbonyl (C=O) groups excluding carboxylic acids is 1. The largest absolute Gasteiger partial charge is 0.493 e. The van der Waals surface area contributed by atoms with Crippen LogP contribution in [0.2, 0.25) is 0 Å². The van der Waals surface area contributed by atoms with Gasteiger partial charge in [0.25, 0.3) is 0 Å². The lowest BCUT2D eigenvalue weighted by molar-refractivity contribution is -0.116. The Morgan fingerprint density at radius 2 is 1.76 bits per heavy atom. The highest BCUT2D eigenvalue weighted by molar-refractivity contribution is 5.90. The van der Waals surface area contributed by atoms with E-state index in [0.717, 1.165) is 23.5 Å². The summed E-state index contributed by atoms with van der Waals surface area (Å²) in [5, 5.41) is 5.93. The average Bonchev–Trinajstić information content (AvgIpc) is 2.50. The predicted molar refractivity (Wildman–Crippen MR) is 84.4 cm³/mol. The van der Waals surface area contributed by atoms with Crippen molar-refractivity contribution in [2.75, 3.05) is 19.0 Å². The normalized spacial score (nSPS) is 10.1. The molecule has 2 rings (SSSR count). The second-order valence-corrected chi connectivity index (χ2v) is 4.65. The number of benzene rings is 2. The first-order valence-corrected chi connectivity index (χ1v) is 7.00. The molecular formula is C17H20N2O2. The van der Waals surface area contributed by atoms with E-state index < -0.39 is 0 Å². The third-order valence-corrected chi connectivity index (χ3v) is 2.98. The molecule has 0 fully saturated rings. The number of carbonyl (C=O) groups is 1. The number of amides is 1. The molecule has 0 spiro atoms. The van der Waals surface area contributed by atoms with Crippen LogP contribution in [0.25, 0.3) is 0 Å². The number of para-hydroxylation sites is 2. The minimum absolute atomic E-state index is 0.0488. The molecule has 0 aliphatic carbocycles. The Bertz CT molecular complexity index is 570. The molecular weight excluding hydrogens is 264 g/mol. The number of anilines is 1. The second kappa shape index (κ2) is 8.07. The van der Waals surface area contributed by atoms with Gasteiger partial charge in [-0.2, -0.15) is 0 Å². The van der Waals surface area contributed by atoms with Crippen molar-refractivity contribution in [3.05, 3.63) is 60.2 Å². The number of ether oxygens (including phenoxy) is 1. The molecule has 1 amide bonds. The van der Waals surface area contributed by atoms with Crippen LogP contribution in [0.15, 0.2) is 54.6 Å². The molecule has 2 N–H and O–H groups in total. The first-order valence-electron chi connectivity index (χ1n) is 7.00. The molecule has 2 aromatic carbocycles. The molecule has 0 unspecified atom stereocenters. The quantitative estimate of drug-likeness (QED) is 0.822. The van der Waals surface area contributed by atoms with Crippen molar-refractivity contribution >= 4 is 11.6 Å². The molecule has 0 heterocycles. The zero-order valence-corrected chi connectivity index (χ0v) is 12.1. The molecule has 2 aromatic rings. The highest BCUT2D eigenvalue weighted by Crippen LogP contribution is 2.17. The molecule has 0 saturated carbocycles. The van der Waals surface area contributed by atoms with Gasteiger partial charge < -0.3 is 15.4 Å². The summed E-state index contributed by atoms with van der Waals surface area (Å²) in [6.07, 6.45) is 0.322. The Balaban J connectivity index is 1.80. The van der Waals surface area contributed by atoms with E-state index in [9.17, 15) is 4.79 Å². The summed E-state index contributed by atoms with van der Waals surface area (Å²) >= 11 is 0. The van der Waals surface area contributed by atoms with E-state index >= 15 is 0 Å². The molecule has 0 saturated heterocycles. The number of hydrogen-bond acceptors (Lipinski definition) is 3. The van der Waals surface area contributed by atoms with Crippen LogP contribution in [0.1, 0.15) is 12.0 Å². The van der Waals surface area contributed by atoms with Crippen molar-refractivity contribution in [1.82, 2.24) is 5.32 Å². The fraction of sp³-hybridized carbons (Fsp3) is 0.235. The van der Waals surface area contributed by atoms with Crippen molar-refractivity contribution in [3.8, 4) is 5.75 Å². The molecule has 0 aliphatic rings. The smallest absolute Gasteiger partial charge is 0.227 e. The summed E-state index contributed by atoms with van der Waals surface area (Å²) in [6.45, 7) is 1.10. The van der Waals surface area contributed by atoms with Gasteiger partial charge in [0.05, 0.1) is 13.0 Å². The Morgan fingerprint density at radius 3 is 2.52 bits per heavy atom. The summed E-state index contributed by atoms with van der Waals surface area (Å²) in [4.78, 5) is 11.8. The van der Waals surface area contributed by atoms with Crippen LogP contribution in [-0.2, 0) is 11.3 Å². The minimum atomic E-state index is -0.0488. The van der Waals surface area contributed by atoms with Crippen molar-refractivity contribution < 1.29 is 9.53 Å². The summed E-state index contributed by atoms with van der Waals surface area (Å²) in [7, 11) is 1.89. The van der Waals surface area contributed by atoms with Crippen LogP contribution < -0.4 is 15.4 Å². The van der Waals surface area contributed by atoms with E-state index in [2.05, 4.69) is 10.6 Å². The van der Waals surface area contributed by atoms with Crippen LogP contribution in [-0.4, -0.2) is 19.6 Å². The van der Waals surface area contributed by atoms with Gasteiger partial charge in [0.15, 0.2) is 0 Å². The Labute approximate surface area is 125 Å². The zero-order chi connectivity index (χ0) is 14.9. The number of nitrogens with one attached hydrogen (secondary N) is 2. The van der Waals surface area contributed by atoms with Gasteiger partial charge in [-0.25, -0.2) is 0 Å².